The van der Waals surface area contributed by atoms with E-state index in [4.69, 9.17) is 4.74 Å². The van der Waals surface area contributed by atoms with E-state index in [2.05, 4.69) is 9.97 Å². The third-order valence-electron chi connectivity index (χ3n) is 4.34. The molecule has 4 aromatic rings. The summed E-state index contributed by atoms with van der Waals surface area (Å²) in [6, 6.07) is 17.7. The molecule has 138 valence electrons. The van der Waals surface area contributed by atoms with Crippen LogP contribution in [0.15, 0.2) is 71.7 Å². The second kappa shape index (κ2) is 7.36. The quantitative estimate of drug-likeness (QED) is 0.592. The van der Waals surface area contributed by atoms with Crippen LogP contribution in [0.25, 0.3) is 28.9 Å². The van der Waals surface area contributed by atoms with Gasteiger partial charge in [0, 0.05) is 11.8 Å². The SMILES string of the molecule is COc1cccc(/C=C/c2nc3ccccc3c(=O)n2-c2ccccn2)c1O. The topological polar surface area (TPSA) is 77.2 Å². The van der Waals surface area contributed by atoms with Crippen molar-refractivity contribution in [1.29, 1.82) is 0 Å². The smallest absolute Gasteiger partial charge is 0.267 e. The van der Waals surface area contributed by atoms with Gasteiger partial charge in [0.2, 0.25) is 0 Å². The van der Waals surface area contributed by atoms with Crippen LogP contribution in [0.1, 0.15) is 11.4 Å². The van der Waals surface area contributed by atoms with Gasteiger partial charge >= 0.3 is 0 Å². The van der Waals surface area contributed by atoms with Crippen molar-refractivity contribution in [2.75, 3.05) is 7.11 Å². The number of para-hydroxylation sites is 2. The first-order valence-corrected chi connectivity index (χ1v) is 8.66. The minimum absolute atomic E-state index is 0.0220. The molecule has 0 aliphatic carbocycles. The van der Waals surface area contributed by atoms with E-state index >= 15 is 0 Å². The van der Waals surface area contributed by atoms with Crippen molar-refractivity contribution in [1.82, 2.24) is 14.5 Å². The molecule has 2 aromatic carbocycles. The predicted molar refractivity (Wildman–Crippen MR) is 109 cm³/mol. The average molecular weight is 371 g/mol. The standard InChI is InChI=1S/C22H17N3O3/c1-28-18-10-6-7-15(21(18)26)12-13-20-24-17-9-3-2-8-16(17)22(27)25(20)19-11-4-5-14-23-19/h2-14,26H,1H3/b13-12+. The Morgan fingerprint density at radius 1 is 1.00 bits per heavy atom. The van der Waals surface area contributed by atoms with Gasteiger partial charge in [-0.15, -0.1) is 0 Å². The number of methoxy groups -OCH3 is 1. The summed E-state index contributed by atoms with van der Waals surface area (Å²) in [6.07, 6.45) is 4.99. The Balaban J connectivity index is 1.92. The molecule has 6 nitrogen and oxygen atoms in total. The van der Waals surface area contributed by atoms with Crippen LogP contribution >= 0.6 is 0 Å². The van der Waals surface area contributed by atoms with Gasteiger partial charge in [0.1, 0.15) is 11.6 Å². The molecule has 0 aliphatic rings. The number of benzene rings is 2. The Labute approximate surface area is 161 Å². The van der Waals surface area contributed by atoms with E-state index in [1.54, 1.807) is 66.9 Å². The second-order valence-electron chi connectivity index (χ2n) is 6.05. The lowest BCUT2D eigenvalue weighted by Gasteiger charge is -2.10. The Kier molecular flexibility index (Phi) is 4.60. The largest absolute Gasteiger partial charge is 0.504 e. The highest BCUT2D eigenvalue weighted by Gasteiger charge is 2.12. The van der Waals surface area contributed by atoms with Crippen molar-refractivity contribution in [2.24, 2.45) is 0 Å². The molecule has 1 N–H and O–H groups in total. The van der Waals surface area contributed by atoms with E-state index in [1.165, 1.54) is 11.7 Å². The monoisotopic (exact) mass is 371 g/mol. The number of aromatic hydroxyl groups is 1. The number of aromatic nitrogens is 3. The lowest BCUT2D eigenvalue weighted by Crippen LogP contribution is -2.23. The molecule has 2 heterocycles. The maximum atomic E-state index is 13.1. The van der Waals surface area contributed by atoms with Gasteiger partial charge in [-0.25, -0.2) is 14.5 Å². The van der Waals surface area contributed by atoms with Crippen molar-refractivity contribution in [3.05, 3.63) is 88.6 Å². The molecule has 0 radical (unpaired) electrons. The van der Waals surface area contributed by atoms with Crippen LogP contribution in [0.4, 0.5) is 0 Å². The minimum Gasteiger partial charge on any atom is -0.504 e. The van der Waals surface area contributed by atoms with Crippen LogP contribution in [0, 0.1) is 0 Å². The summed E-state index contributed by atoms with van der Waals surface area (Å²) in [5, 5.41) is 10.8. The summed E-state index contributed by atoms with van der Waals surface area (Å²) >= 11 is 0. The van der Waals surface area contributed by atoms with Crippen LogP contribution in [-0.2, 0) is 0 Å². The molecular formula is C22H17N3O3. The highest BCUT2D eigenvalue weighted by molar-refractivity contribution is 5.80. The highest BCUT2D eigenvalue weighted by Crippen LogP contribution is 2.30. The van der Waals surface area contributed by atoms with Gasteiger partial charge in [0.25, 0.3) is 5.56 Å². The van der Waals surface area contributed by atoms with Crippen LogP contribution in [0.5, 0.6) is 11.5 Å². The summed E-state index contributed by atoms with van der Waals surface area (Å²) in [5.41, 5.74) is 0.933. The number of pyridine rings is 1. The zero-order valence-electron chi connectivity index (χ0n) is 15.1. The molecule has 0 unspecified atom stereocenters. The summed E-state index contributed by atoms with van der Waals surface area (Å²) in [5.74, 6) is 1.27. The van der Waals surface area contributed by atoms with Crippen molar-refractivity contribution >= 4 is 23.1 Å². The number of hydrogen-bond donors (Lipinski definition) is 1. The number of phenols is 1. The molecule has 0 atom stereocenters. The van der Waals surface area contributed by atoms with Gasteiger partial charge in [0.15, 0.2) is 11.5 Å². The molecular weight excluding hydrogens is 354 g/mol. The van der Waals surface area contributed by atoms with Gasteiger partial charge < -0.3 is 9.84 Å². The molecule has 0 saturated carbocycles. The first-order chi connectivity index (χ1) is 13.7. The lowest BCUT2D eigenvalue weighted by atomic mass is 10.1. The van der Waals surface area contributed by atoms with E-state index in [1.807, 2.05) is 12.1 Å². The summed E-state index contributed by atoms with van der Waals surface area (Å²) in [6.45, 7) is 0. The molecule has 0 bridgehead atoms. The number of fused-ring (bicyclic) bond motifs is 1. The maximum Gasteiger partial charge on any atom is 0.267 e. The van der Waals surface area contributed by atoms with Crippen LogP contribution < -0.4 is 10.3 Å². The number of phenolic OH excluding ortho intramolecular Hbond substituents is 1. The van der Waals surface area contributed by atoms with Gasteiger partial charge in [0.05, 0.1) is 18.0 Å². The molecule has 28 heavy (non-hydrogen) atoms. The van der Waals surface area contributed by atoms with E-state index in [0.717, 1.165) is 0 Å². The van der Waals surface area contributed by atoms with Gasteiger partial charge in [-0.05, 0) is 42.5 Å². The Hall–Kier alpha value is -3.93. The predicted octanol–water partition coefficient (Wildman–Crippen LogP) is 3.67. The number of hydrogen-bond acceptors (Lipinski definition) is 5. The van der Waals surface area contributed by atoms with E-state index < -0.39 is 0 Å². The fraction of sp³-hybridized carbons (Fsp3) is 0.0455. The fourth-order valence-corrected chi connectivity index (χ4v) is 2.97. The first kappa shape index (κ1) is 17.5. The number of nitrogens with zero attached hydrogens (tertiary/aromatic N) is 3. The van der Waals surface area contributed by atoms with Gasteiger partial charge in [-0.1, -0.05) is 30.3 Å². The Morgan fingerprint density at radius 2 is 1.82 bits per heavy atom. The zero-order valence-corrected chi connectivity index (χ0v) is 15.1. The van der Waals surface area contributed by atoms with Crippen molar-refractivity contribution < 1.29 is 9.84 Å². The molecule has 0 fully saturated rings. The molecule has 0 spiro atoms. The summed E-state index contributed by atoms with van der Waals surface area (Å²) in [7, 11) is 1.49. The maximum absolute atomic E-state index is 13.1. The second-order valence-corrected chi connectivity index (χ2v) is 6.05. The Morgan fingerprint density at radius 3 is 2.61 bits per heavy atom. The highest BCUT2D eigenvalue weighted by atomic mass is 16.5. The lowest BCUT2D eigenvalue weighted by molar-refractivity contribution is 0.373. The van der Waals surface area contributed by atoms with Crippen molar-refractivity contribution in [3.63, 3.8) is 0 Å². The van der Waals surface area contributed by atoms with Crippen molar-refractivity contribution in [3.8, 4) is 17.3 Å². The van der Waals surface area contributed by atoms with Gasteiger partial charge in [-0.2, -0.15) is 0 Å². The summed E-state index contributed by atoms with van der Waals surface area (Å²) in [4.78, 5) is 22.0. The number of ether oxygens (including phenoxy) is 1. The summed E-state index contributed by atoms with van der Waals surface area (Å²) < 4.78 is 6.60. The molecule has 6 heteroatoms. The van der Waals surface area contributed by atoms with E-state index in [0.29, 0.717) is 33.9 Å². The normalized spacial score (nSPS) is 11.2. The van der Waals surface area contributed by atoms with E-state index in [9.17, 15) is 9.90 Å². The first-order valence-electron chi connectivity index (χ1n) is 8.66. The fourth-order valence-electron chi connectivity index (χ4n) is 2.97. The third kappa shape index (κ3) is 3.12. The number of rotatable bonds is 4. The molecule has 0 aliphatic heterocycles. The van der Waals surface area contributed by atoms with Crippen LogP contribution in [-0.4, -0.2) is 26.8 Å². The van der Waals surface area contributed by atoms with Gasteiger partial charge in [-0.3, -0.25) is 4.79 Å². The molecule has 4 rings (SSSR count). The van der Waals surface area contributed by atoms with Crippen LogP contribution in [0.3, 0.4) is 0 Å². The molecule has 0 saturated heterocycles. The molecule has 2 aromatic heterocycles. The van der Waals surface area contributed by atoms with Crippen LogP contribution in [0.2, 0.25) is 0 Å². The third-order valence-corrected chi connectivity index (χ3v) is 4.34. The average Bonchev–Trinajstić information content (AvgIpc) is 2.74. The Bertz CT molecular complexity index is 1230. The zero-order chi connectivity index (χ0) is 19.5. The van der Waals surface area contributed by atoms with Crippen molar-refractivity contribution in [2.45, 2.75) is 0 Å². The van der Waals surface area contributed by atoms with E-state index in [-0.39, 0.29) is 11.3 Å². The minimum atomic E-state index is -0.209. The molecule has 0 amide bonds.